The van der Waals surface area contributed by atoms with Crippen LogP contribution >= 0.6 is 0 Å². The van der Waals surface area contributed by atoms with Crippen LogP contribution in [0.5, 0.6) is 5.75 Å². The molecule has 1 aromatic carbocycles. The van der Waals surface area contributed by atoms with Crippen molar-refractivity contribution in [3.63, 3.8) is 0 Å². The van der Waals surface area contributed by atoms with Crippen LogP contribution < -0.4 is 4.74 Å². The molecule has 114 valence electrons. The highest BCUT2D eigenvalue weighted by molar-refractivity contribution is 5.85. The number of β-amino-alcohol motifs (C(OH)–C–C–N with tert-alkyl or cyclic N) is 1. The number of piperidine rings is 1. The van der Waals surface area contributed by atoms with Gasteiger partial charge in [0.25, 0.3) is 0 Å². The molecule has 2 N–H and O–H groups in total. The van der Waals surface area contributed by atoms with E-state index in [9.17, 15) is 5.11 Å². The van der Waals surface area contributed by atoms with Gasteiger partial charge in [0.05, 0.1) is 13.2 Å². The van der Waals surface area contributed by atoms with Gasteiger partial charge in [0.1, 0.15) is 5.75 Å². The van der Waals surface area contributed by atoms with Crippen LogP contribution in [0.4, 0.5) is 0 Å². The zero-order valence-corrected chi connectivity index (χ0v) is 12.8. The van der Waals surface area contributed by atoms with E-state index in [2.05, 4.69) is 16.8 Å². The summed E-state index contributed by atoms with van der Waals surface area (Å²) in [7, 11) is 1.67. The number of ether oxygens (including phenoxy) is 1. The van der Waals surface area contributed by atoms with Gasteiger partial charge in [0.2, 0.25) is 0 Å². The molecule has 4 heteroatoms. The summed E-state index contributed by atoms with van der Waals surface area (Å²) in [6.07, 6.45) is 3.99. The monoisotopic (exact) mass is 288 g/mol. The number of aliphatic hydroxyl groups is 1. The first-order valence-electron chi connectivity index (χ1n) is 7.73. The number of aromatic amines is 1. The third-order valence-electron chi connectivity index (χ3n) is 4.45. The van der Waals surface area contributed by atoms with E-state index in [1.54, 1.807) is 7.11 Å². The summed E-state index contributed by atoms with van der Waals surface area (Å²) in [5.74, 6) is 1.55. The highest BCUT2D eigenvalue weighted by Crippen LogP contribution is 2.29. The molecular weight excluding hydrogens is 264 g/mol. The third-order valence-corrected chi connectivity index (χ3v) is 4.45. The van der Waals surface area contributed by atoms with Crippen molar-refractivity contribution >= 4 is 10.9 Å². The van der Waals surface area contributed by atoms with Crippen LogP contribution in [0.15, 0.2) is 24.4 Å². The number of nitrogens with one attached hydrogen (secondary N) is 1. The van der Waals surface area contributed by atoms with Crippen molar-refractivity contribution < 1.29 is 9.84 Å². The lowest BCUT2D eigenvalue weighted by Crippen LogP contribution is -2.37. The second kappa shape index (κ2) is 6.08. The fraction of sp³-hybridized carbons (Fsp3) is 0.529. The lowest BCUT2D eigenvalue weighted by molar-refractivity contribution is 0.0884. The third kappa shape index (κ3) is 3.06. The largest absolute Gasteiger partial charge is 0.497 e. The summed E-state index contributed by atoms with van der Waals surface area (Å²) in [4.78, 5) is 5.61. The first-order valence-corrected chi connectivity index (χ1v) is 7.73. The number of aromatic nitrogens is 1. The van der Waals surface area contributed by atoms with Gasteiger partial charge in [-0.1, -0.05) is 6.92 Å². The number of nitrogens with zero attached hydrogens (tertiary/aromatic N) is 1. The van der Waals surface area contributed by atoms with Gasteiger partial charge in [0, 0.05) is 35.8 Å². The Labute approximate surface area is 125 Å². The highest BCUT2D eigenvalue weighted by Gasteiger charge is 2.21. The molecule has 3 rings (SSSR count). The molecule has 2 aromatic rings. The summed E-state index contributed by atoms with van der Waals surface area (Å²) in [6, 6.07) is 5.91. The van der Waals surface area contributed by atoms with Crippen molar-refractivity contribution in [1.29, 1.82) is 0 Å². The Hall–Kier alpha value is -1.52. The predicted octanol–water partition coefficient (Wildman–Crippen LogP) is 2.94. The van der Waals surface area contributed by atoms with Gasteiger partial charge in [-0.05, 0) is 43.5 Å². The normalized spacial score (nSPS) is 21.6. The van der Waals surface area contributed by atoms with E-state index in [0.29, 0.717) is 6.54 Å². The zero-order valence-electron chi connectivity index (χ0n) is 12.8. The molecule has 0 amide bonds. The molecule has 0 radical (unpaired) electrons. The first kappa shape index (κ1) is 14.4. The fourth-order valence-electron chi connectivity index (χ4n) is 3.32. The molecule has 21 heavy (non-hydrogen) atoms. The van der Waals surface area contributed by atoms with Crippen molar-refractivity contribution in [3.8, 4) is 5.75 Å². The van der Waals surface area contributed by atoms with Gasteiger partial charge in [-0.3, -0.25) is 0 Å². The molecule has 0 saturated carbocycles. The van der Waals surface area contributed by atoms with E-state index in [4.69, 9.17) is 4.74 Å². The summed E-state index contributed by atoms with van der Waals surface area (Å²) in [5, 5.41) is 11.7. The lowest BCUT2D eigenvalue weighted by Gasteiger charge is -2.32. The Kier molecular flexibility index (Phi) is 4.17. The number of fused-ring (bicyclic) bond motifs is 1. The Bertz CT molecular complexity index is 608. The van der Waals surface area contributed by atoms with Crippen molar-refractivity contribution in [1.82, 2.24) is 9.88 Å². The smallest absolute Gasteiger partial charge is 0.119 e. The minimum atomic E-state index is -0.462. The standard InChI is InChI=1S/C17H24N2O2/c1-12-4-3-7-19(10-12)11-17(20)15-9-18-16-6-5-13(21-2)8-14(15)16/h5-6,8-9,12,17-18,20H,3-4,7,10-11H2,1-2H3/t12-,17-/m1/s1. The van der Waals surface area contributed by atoms with Crippen LogP contribution in [0.1, 0.15) is 31.4 Å². The quantitative estimate of drug-likeness (QED) is 0.909. The predicted molar refractivity (Wildman–Crippen MR) is 84.6 cm³/mol. The number of likely N-dealkylation sites (tertiary alicyclic amines) is 1. The zero-order chi connectivity index (χ0) is 14.8. The van der Waals surface area contributed by atoms with Crippen LogP contribution in [0.3, 0.4) is 0 Å². The Morgan fingerprint density at radius 1 is 1.48 bits per heavy atom. The maximum atomic E-state index is 10.6. The molecule has 0 bridgehead atoms. The number of aliphatic hydroxyl groups excluding tert-OH is 1. The molecule has 2 heterocycles. The minimum Gasteiger partial charge on any atom is -0.497 e. The highest BCUT2D eigenvalue weighted by atomic mass is 16.5. The van der Waals surface area contributed by atoms with Gasteiger partial charge in [-0.15, -0.1) is 0 Å². The van der Waals surface area contributed by atoms with E-state index in [1.807, 2.05) is 24.4 Å². The van der Waals surface area contributed by atoms with Crippen LogP contribution in [-0.2, 0) is 0 Å². The van der Waals surface area contributed by atoms with E-state index >= 15 is 0 Å². The van der Waals surface area contributed by atoms with Gasteiger partial charge in [-0.2, -0.15) is 0 Å². The topological polar surface area (TPSA) is 48.5 Å². The molecule has 0 aliphatic carbocycles. The molecule has 0 unspecified atom stereocenters. The molecule has 1 fully saturated rings. The summed E-state index contributed by atoms with van der Waals surface area (Å²) in [5.41, 5.74) is 2.00. The van der Waals surface area contributed by atoms with Crippen LogP contribution in [0.25, 0.3) is 10.9 Å². The summed E-state index contributed by atoms with van der Waals surface area (Å²) < 4.78 is 5.28. The van der Waals surface area contributed by atoms with Gasteiger partial charge in [0.15, 0.2) is 0 Å². The molecule has 1 saturated heterocycles. The second-order valence-corrected chi connectivity index (χ2v) is 6.18. The molecule has 1 aliphatic heterocycles. The van der Waals surface area contributed by atoms with Crippen molar-refractivity contribution in [2.45, 2.75) is 25.9 Å². The van der Waals surface area contributed by atoms with Gasteiger partial charge >= 0.3 is 0 Å². The lowest BCUT2D eigenvalue weighted by atomic mass is 9.99. The average Bonchev–Trinajstić information content (AvgIpc) is 2.90. The molecular formula is C17H24N2O2. The van der Waals surface area contributed by atoms with Crippen LogP contribution in [0.2, 0.25) is 0 Å². The van der Waals surface area contributed by atoms with Gasteiger partial charge in [-0.25, -0.2) is 0 Å². The molecule has 2 atom stereocenters. The second-order valence-electron chi connectivity index (χ2n) is 6.18. The van der Waals surface area contributed by atoms with E-state index in [0.717, 1.165) is 41.2 Å². The molecule has 1 aromatic heterocycles. The average molecular weight is 288 g/mol. The maximum absolute atomic E-state index is 10.6. The Morgan fingerprint density at radius 2 is 2.33 bits per heavy atom. The number of hydrogen-bond acceptors (Lipinski definition) is 3. The van der Waals surface area contributed by atoms with E-state index < -0.39 is 6.10 Å². The van der Waals surface area contributed by atoms with Crippen molar-refractivity contribution in [2.24, 2.45) is 5.92 Å². The summed E-state index contributed by atoms with van der Waals surface area (Å²) in [6.45, 7) is 5.17. The summed E-state index contributed by atoms with van der Waals surface area (Å²) >= 11 is 0. The molecule has 1 aliphatic rings. The van der Waals surface area contributed by atoms with Crippen LogP contribution in [0, 0.1) is 5.92 Å². The number of rotatable bonds is 4. The SMILES string of the molecule is COc1ccc2[nH]cc([C@H](O)CN3CCC[C@@H](C)C3)c2c1. The first-order chi connectivity index (χ1) is 10.2. The molecule has 4 nitrogen and oxygen atoms in total. The number of H-pyrrole nitrogens is 1. The van der Waals surface area contributed by atoms with Gasteiger partial charge < -0.3 is 19.7 Å². The van der Waals surface area contributed by atoms with E-state index in [-0.39, 0.29) is 0 Å². The number of hydrogen-bond donors (Lipinski definition) is 2. The molecule has 0 spiro atoms. The Morgan fingerprint density at radius 3 is 3.10 bits per heavy atom. The fourth-order valence-corrected chi connectivity index (χ4v) is 3.32. The van der Waals surface area contributed by atoms with E-state index in [1.165, 1.54) is 12.8 Å². The minimum absolute atomic E-state index is 0.462. The maximum Gasteiger partial charge on any atom is 0.119 e. The van der Waals surface area contributed by atoms with Crippen molar-refractivity contribution in [2.75, 3.05) is 26.7 Å². The number of methoxy groups -OCH3 is 1. The van der Waals surface area contributed by atoms with Crippen molar-refractivity contribution in [3.05, 3.63) is 30.0 Å². The Balaban J connectivity index is 1.79. The number of benzene rings is 1. The van der Waals surface area contributed by atoms with Crippen LogP contribution in [-0.4, -0.2) is 41.7 Å².